The molecule has 0 unspecified atom stereocenters. The average molecular weight is 345 g/mol. The maximum atomic E-state index is 12.4. The van der Waals surface area contributed by atoms with E-state index in [0.717, 1.165) is 5.75 Å². The minimum Gasteiger partial charge on any atom is -0.496 e. The van der Waals surface area contributed by atoms with Crippen LogP contribution in [0.3, 0.4) is 0 Å². The number of methoxy groups -OCH3 is 2. The summed E-state index contributed by atoms with van der Waals surface area (Å²) < 4.78 is 21.5. The highest BCUT2D eigenvalue weighted by Gasteiger charge is 2.17. The molecule has 2 aromatic carbocycles. The molecule has 0 atom stereocenters. The van der Waals surface area contributed by atoms with Gasteiger partial charge in [-0.2, -0.15) is 0 Å². The highest BCUT2D eigenvalue weighted by molar-refractivity contribution is 5.99. The maximum Gasteiger partial charge on any atom is 0.258 e. The summed E-state index contributed by atoms with van der Waals surface area (Å²) >= 11 is 0. The largest absolute Gasteiger partial charge is 0.496 e. The summed E-state index contributed by atoms with van der Waals surface area (Å²) in [5.74, 6) is 2.09. The molecule has 1 amide bonds. The molecular weight excluding hydrogens is 322 g/mol. The lowest BCUT2D eigenvalue weighted by atomic mass is 10.1. The van der Waals surface area contributed by atoms with Crippen LogP contribution in [0.15, 0.2) is 42.5 Å². The number of hydrogen-bond donors (Lipinski definition) is 1. The van der Waals surface area contributed by atoms with Crippen molar-refractivity contribution >= 4 is 5.91 Å². The monoisotopic (exact) mass is 345 g/mol. The van der Waals surface area contributed by atoms with E-state index < -0.39 is 0 Å². The highest BCUT2D eigenvalue weighted by Crippen LogP contribution is 2.27. The number of ether oxygens (including phenoxy) is 4. The normalized spacial score (nSPS) is 10.0. The van der Waals surface area contributed by atoms with E-state index >= 15 is 0 Å². The van der Waals surface area contributed by atoms with Gasteiger partial charge in [0.1, 0.15) is 35.2 Å². The van der Waals surface area contributed by atoms with Crippen LogP contribution >= 0.6 is 0 Å². The SMILES string of the molecule is CCOc1cccc(OCCNC(=O)c2c(OC)cccc2OC)c1. The summed E-state index contributed by atoms with van der Waals surface area (Å²) in [5.41, 5.74) is 0.367. The molecule has 134 valence electrons. The zero-order chi connectivity index (χ0) is 18.1. The van der Waals surface area contributed by atoms with Crippen molar-refractivity contribution in [3.8, 4) is 23.0 Å². The van der Waals surface area contributed by atoms with Gasteiger partial charge < -0.3 is 24.3 Å². The summed E-state index contributed by atoms with van der Waals surface area (Å²) in [6.45, 7) is 3.20. The van der Waals surface area contributed by atoms with Crippen molar-refractivity contribution in [3.63, 3.8) is 0 Å². The molecule has 0 saturated carbocycles. The zero-order valence-corrected chi connectivity index (χ0v) is 14.7. The Kier molecular flexibility index (Phi) is 6.95. The molecule has 0 aromatic heterocycles. The lowest BCUT2D eigenvalue weighted by molar-refractivity contribution is 0.0940. The predicted molar refractivity (Wildman–Crippen MR) is 95.0 cm³/mol. The van der Waals surface area contributed by atoms with Gasteiger partial charge in [-0.3, -0.25) is 4.79 Å². The van der Waals surface area contributed by atoms with Crippen molar-refractivity contribution in [1.82, 2.24) is 5.32 Å². The molecule has 2 rings (SSSR count). The van der Waals surface area contributed by atoms with Gasteiger partial charge in [0.15, 0.2) is 0 Å². The maximum absolute atomic E-state index is 12.4. The molecule has 0 radical (unpaired) electrons. The second-order valence-corrected chi connectivity index (χ2v) is 5.05. The van der Waals surface area contributed by atoms with Crippen LogP contribution in [-0.2, 0) is 0 Å². The van der Waals surface area contributed by atoms with Gasteiger partial charge in [-0.1, -0.05) is 12.1 Å². The van der Waals surface area contributed by atoms with Crippen molar-refractivity contribution in [1.29, 1.82) is 0 Å². The number of carbonyl (C=O) groups is 1. The third-order valence-corrected chi connectivity index (χ3v) is 3.43. The Hall–Kier alpha value is -2.89. The first kappa shape index (κ1) is 18.4. The Labute approximate surface area is 147 Å². The van der Waals surface area contributed by atoms with E-state index in [1.165, 1.54) is 14.2 Å². The lowest BCUT2D eigenvalue weighted by Crippen LogP contribution is -2.28. The van der Waals surface area contributed by atoms with Gasteiger partial charge in [-0.15, -0.1) is 0 Å². The summed E-state index contributed by atoms with van der Waals surface area (Å²) in [5, 5.41) is 2.80. The molecule has 0 aliphatic rings. The molecule has 0 aliphatic heterocycles. The van der Waals surface area contributed by atoms with Gasteiger partial charge in [-0.05, 0) is 31.2 Å². The summed E-state index contributed by atoms with van der Waals surface area (Å²) in [6, 6.07) is 12.6. The van der Waals surface area contributed by atoms with Crippen LogP contribution in [0.4, 0.5) is 0 Å². The van der Waals surface area contributed by atoms with Crippen molar-refractivity contribution in [2.75, 3.05) is 34.0 Å². The minimum absolute atomic E-state index is 0.277. The van der Waals surface area contributed by atoms with E-state index in [1.807, 2.05) is 31.2 Å². The molecular formula is C19H23NO5. The van der Waals surface area contributed by atoms with Crippen molar-refractivity contribution in [2.24, 2.45) is 0 Å². The third-order valence-electron chi connectivity index (χ3n) is 3.43. The first-order valence-electron chi connectivity index (χ1n) is 8.04. The third kappa shape index (κ3) is 5.04. The van der Waals surface area contributed by atoms with Gasteiger partial charge >= 0.3 is 0 Å². The summed E-state index contributed by atoms with van der Waals surface area (Å²) in [7, 11) is 3.03. The average Bonchev–Trinajstić information content (AvgIpc) is 2.65. The van der Waals surface area contributed by atoms with Crippen molar-refractivity contribution in [2.45, 2.75) is 6.92 Å². The van der Waals surface area contributed by atoms with E-state index in [4.69, 9.17) is 18.9 Å². The Morgan fingerprint density at radius 3 is 2.16 bits per heavy atom. The number of hydrogen-bond acceptors (Lipinski definition) is 5. The fourth-order valence-corrected chi connectivity index (χ4v) is 2.32. The van der Waals surface area contributed by atoms with Crippen LogP contribution in [0.1, 0.15) is 17.3 Å². The molecule has 0 spiro atoms. The molecule has 6 heteroatoms. The first-order valence-corrected chi connectivity index (χ1v) is 8.04. The number of benzene rings is 2. The number of carbonyl (C=O) groups excluding carboxylic acids is 1. The Morgan fingerprint density at radius 2 is 1.56 bits per heavy atom. The molecule has 2 aromatic rings. The molecule has 6 nitrogen and oxygen atoms in total. The fraction of sp³-hybridized carbons (Fsp3) is 0.316. The Balaban J connectivity index is 1.90. The number of nitrogens with one attached hydrogen (secondary N) is 1. The van der Waals surface area contributed by atoms with Crippen molar-refractivity contribution < 1.29 is 23.7 Å². The standard InChI is InChI=1S/C19H23NO5/c1-4-24-14-7-5-8-15(13-14)25-12-11-20-19(21)18-16(22-2)9-6-10-17(18)23-3/h5-10,13H,4,11-12H2,1-3H3,(H,20,21). The Morgan fingerprint density at radius 1 is 0.960 bits per heavy atom. The van der Waals surface area contributed by atoms with Crippen LogP contribution in [0.25, 0.3) is 0 Å². The van der Waals surface area contributed by atoms with E-state index in [0.29, 0.717) is 42.6 Å². The Bertz CT molecular complexity index is 680. The van der Waals surface area contributed by atoms with Crippen LogP contribution < -0.4 is 24.3 Å². The van der Waals surface area contributed by atoms with E-state index in [1.54, 1.807) is 18.2 Å². The van der Waals surface area contributed by atoms with Gasteiger partial charge in [0.05, 0.1) is 27.4 Å². The molecule has 1 N–H and O–H groups in total. The number of rotatable bonds is 9. The molecule has 0 aliphatic carbocycles. The lowest BCUT2D eigenvalue weighted by Gasteiger charge is -2.13. The highest BCUT2D eigenvalue weighted by atomic mass is 16.5. The number of amides is 1. The van der Waals surface area contributed by atoms with Crippen LogP contribution in [0, 0.1) is 0 Å². The van der Waals surface area contributed by atoms with Gasteiger partial charge in [-0.25, -0.2) is 0 Å². The van der Waals surface area contributed by atoms with E-state index in [-0.39, 0.29) is 5.91 Å². The van der Waals surface area contributed by atoms with E-state index in [2.05, 4.69) is 5.32 Å². The van der Waals surface area contributed by atoms with E-state index in [9.17, 15) is 4.79 Å². The van der Waals surface area contributed by atoms with Crippen LogP contribution in [-0.4, -0.2) is 39.9 Å². The topological polar surface area (TPSA) is 66.0 Å². The molecule has 25 heavy (non-hydrogen) atoms. The molecule has 0 bridgehead atoms. The molecule has 0 saturated heterocycles. The molecule has 0 fully saturated rings. The van der Waals surface area contributed by atoms with Crippen molar-refractivity contribution in [3.05, 3.63) is 48.0 Å². The second kappa shape index (κ2) is 9.42. The van der Waals surface area contributed by atoms with Crippen LogP contribution in [0.5, 0.6) is 23.0 Å². The fourth-order valence-electron chi connectivity index (χ4n) is 2.32. The minimum atomic E-state index is -0.277. The van der Waals surface area contributed by atoms with Gasteiger partial charge in [0.2, 0.25) is 0 Å². The van der Waals surface area contributed by atoms with Crippen LogP contribution in [0.2, 0.25) is 0 Å². The zero-order valence-electron chi connectivity index (χ0n) is 14.7. The van der Waals surface area contributed by atoms with Gasteiger partial charge in [0, 0.05) is 6.07 Å². The summed E-state index contributed by atoms with van der Waals surface area (Å²) in [6.07, 6.45) is 0. The second-order valence-electron chi connectivity index (χ2n) is 5.05. The van der Waals surface area contributed by atoms with Gasteiger partial charge in [0.25, 0.3) is 5.91 Å². The molecule has 0 heterocycles. The summed E-state index contributed by atoms with van der Waals surface area (Å²) in [4.78, 5) is 12.4. The first-order chi connectivity index (χ1) is 12.2. The predicted octanol–water partition coefficient (Wildman–Crippen LogP) is 2.91. The quantitative estimate of drug-likeness (QED) is 0.708. The smallest absolute Gasteiger partial charge is 0.258 e.